The summed E-state index contributed by atoms with van der Waals surface area (Å²) in [5.41, 5.74) is 2.39. The molecule has 3 aromatic heterocycles. The number of nitrogens with one attached hydrogen (secondary N) is 2. The quantitative estimate of drug-likeness (QED) is 0.450. The fraction of sp³-hybridized carbons (Fsp3) is 0.0870. The number of anilines is 1. The number of nitrogens with zero attached hydrogens (tertiary/aromatic N) is 5. The van der Waals surface area contributed by atoms with Gasteiger partial charge in [0.15, 0.2) is 5.65 Å². The van der Waals surface area contributed by atoms with Gasteiger partial charge in [0.2, 0.25) is 11.9 Å². The third kappa shape index (κ3) is 3.67. The number of rotatable bonds is 5. The van der Waals surface area contributed by atoms with Crippen LogP contribution in [0.1, 0.15) is 11.3 Å². The number of H-pyrrole nitrogens is 1. The molecular formula is C23H19N7O2. The first kappa shape index (κ1) is 19.4. The Kier molecular flexibility index (Phi) is 4.83. The van der Waals surface area contributed by atoms with Gasteiger partial charge in [-0.15, -0.1) is 0 Å². The molecule has 32 heavy (non-hydrogen) atoms. The van der Waals surface area contributed by atoms with Gasteiger partial charge in [0, 0.05) is 6.07 Å². The van der Waals surface area contributed by atoms with E-state index >= 15 is 0 Å². The Hall–Kier alpha value is -4.53. The highest BCUT2D eigenvalue weighted by Gasteiger charge is 2.17. The van der Waals surface area contributed by atoms with Crippen molar-refractivity contribution < 1.29 is 4.79 Å². The Morgan fingerprint density at radius 2 is 1.75 bits per heavy atom. The summed E-state index contributed by atoms with van der Waals surface area (Å²) in [6, 6.07) is 20.6. The molecule has 0 aliphatic rings. The molecule has 0 unspecified atom stereocenters. The molecule has 0 bridgehead atoms. The van der Waals surface area contributed by atoms with E-state index in [0.29, 0.717) is 22.5 Å². The minimum Gasteiger partial charge on any atom is -0.310 e. The first-order chi connectivity index (χ1) is 15.6. The van der Waals surface area contributed by atoms with Crippen molar-refractivity contribution in [2.75, 3.05) is 5.32 Å². The molecular weight excluding hydrogens is 406 g/mol. The lowest BCUT2D eigenvalue weighted by Gasteiger charge is -2.09. The topological polar surface area (TPSA) is 110 Å². The largest absolute Gasteiger partial charge is 0.310 e. The van der Waals surface area contributed by atoms with Crippen molar-refractivity contribution >= 4 is 22.8 Å². The average Bonchev–Trinajstić information content (AvgIpc) is 3.38. The molecule has 1 amide bonds. The van der Waals surface area contributed by atoms with Crippen LogP contribution in [0.4, 0.5) is 5.82 Å². The van der Waals surface area contributed by atoms with Crippen LogP contribution in [0.15, 0.2) is 77.7 Å². The Labute approximate surface area is 182 Å². The third-order valence-corrected chi connectivity index (χ3v) is 4.93. The summed E-state index contributed by atoms with van der Waals surface area (Å²) in [4.78, 5) is 32.7. The molecule has 2 aromatic carbocycles. The summed E-state index contributed by atoms with van der Waals surface area (Å²) >= 11 is 0. The van der Waals surface area contributed by atoms with Crippen molar-refractivity contribution in [3.8, 4) is 11.6 Å². The maximum Gasteiger partial charge on any atom is 0.263 e. The number of para-hydroxylation sites is 1. The van der Waals surface area contributed by atoms with E-state index in [4.69, 9.17) is 0 Å². The lowest BCUT2D eigenvalue weighted by Crippen LogP contribution is -2.20. The molecule has 5 aromatic rings. The van der Waals surface area contributed by atoms with Crippen LogP contribution in [-0.2, 0) is 11.2 Å². The summed E-state index contributed by atoms with van der Waals surface area (Å²) in [5.74, 6) is 0.398. The van der Waals surface area contributed by atoms with Crippen LogP contribution >= 0.6 is 0 Å². The fourth-order valence-electron chi connectivity index (χ4n) is 3.48. The number of hydrogen-bond donors (Lipinski definition) is 2. The molecule has 0 aliphatic heterocycles. The van der Waals surface area contributed by atoms with Crippen LogP contribution in [0, 0.1) is 6.92 Å². The van der Waals surface area contributed by atoms with Crippen LogP contribution in [0.25, 0.3) is 22.7 Å². The van der Waals surface area contributed by atoms with Gasteiger partial charge in [-0.2, -0.15) is 19.9 Å². The van der Waals surface area contributed by atoms with Crippen molar-refractivity contribution in [3.63, 3.8) is 0 Å². The Balaban J connectivity index is 1.53. The molecule has 0 radical (unpaired) electrons. The van der Waals surface area contributed by atoms with Crippen LogP contribution in [-0.4, -0.2) is 35.4 Å². The second kappa shape index (κ2) is 7.95. The van der Waals surface area contributed by atoms with E-state index in [2.05, 4.69) is 25.5 Å². The van der Waals surface area contributed by atoms with E-state index in [1.807, 2.05) is 60.7 Å². The maximum atomic E-state index is 12.7. The summed E-state index contributed by atoms with van der Waals surface area (Å²) in [7, 11) is 0. The molecule has 2 N–H and O–H groups in total. The zero-order valence-electron chi connectivity index (χ0n) is 17.2. The van der Waals surface area contributed by atoms with Gasteiger partial charge in [0.25, 0.3) is 5.56 Å². The predicted molar refractivity (Wildman–Crippen MR) is 120 cm³/mol. The van der Waals surface area contributed by atoms with Crippen molar-refractivity contribution in [2.45, 2.75) is 13.3 Å². The highest BCUT2D eigenvalue weighted by Crippen LogP contribution is 2.18. The number of benzene rings is 2. The van der Waals surface area contributed by atoms with E-state index in [1.165, 1.54) is 10.9 Å². The van der Waals surface area contributed by atoms with Gasteiger partial charge in [0.05, 0.1) is 24.0 Å². The molecule has 0 aliphatic carbocycles. The van der Waals surface area contributed by atoms with Crippen molar-refractivity contribution in [2.24, 2.45) is 0 Å². The Morgan fingerprint density at radius 3 is 2.50 bits per heavy atom. The van der Waals surface area contributed by atoms with Crippen LogP contribution in [0.2, 0.25) is 0 Å². The highest BCUT2D eigenvalue weighted by molar-refractivity contribution is 5.91. The second-order valence-electron chi connectivity index (χ2n) is 7.31. The normalized spacial score (nSPS) is 11.0. The molecule has 158 valence electrons. The van der Waals surface area contributed by atoms with Crippen LogP contribution in [0.3, 0.4) is 0 Å². The van der Waals surface area contributed by atoms with Crippen molar-refractivity contribution in [1.29, 1.82) is 0 Å². The van der Waals surface area contributed by atoms with Gasteiger partial charge < -0.3 is 5.32 Å². The van der Waals surface area contributed by atoms with Gasteiger partial charge in [-0.25, -0.2) is 4.68 Å². The summed E-state index contributed by atoms with van der Waals surface area (Å²) in [5, 5.41) is 12.0. The van der Waals surface area contributed by atoms with Crippen LogP contribution < -0.4 is 10.9 Å². The van der Waals surface area contributed by atoms with E-state index in [-0.39, 0.29) is 23.8 Å². The zero-order valence-corrected chi connectivity index (χ0v) is 17.2. The molecule has 0 saturated heterocycles. The molecule has 9 heteroatoms. The van der Waals surface area contributed by atoms with Crippen molar-refractivity contribution in [1.82, 2.24) is 29.5 Å². The number of carbonyl (C=O) groups is 1. The monoisotopic (exact) mass is 425 g/mol. The first-order valence-corrected chi connectivity index (χ1v) is 10.0. The first-order valence-electron chi connectivity index (χ1n) is 10.0. The smallest absolute Gasteiger partial charge is 0.263 e. The third-order valence-electron chi connectivity index (χ3n) is 4.93. The standard InChI is InChI=1S/C23H19N7O2/c1-15-12-19(25-20(31)13-16-8-4-2-5-9-16)30(28-15)23-26-21-18(22(32)27-23)14-24-29(21)17-10-6-3-7-11-17/h2-12,14H,13H2,1H3,(H,25,31)(H,26,27,32). The molecule has 0 spiro atoms. The molecule has 9 nitrogen and oxygen atoms in total. The fourth-order valence-corrected chi connectivity index (χ4v) is 3.48. The number of aromatic amines is 1. The van der Waals surface area contributed by atoms with Gasteiger partial charge in [0.1, 0.15) is 11.2 Å². The number of aromatic nitrogens is 6. The minimum atomic E-state index is -0.345. The number of hydrogen-bond acceptors (Lipinski definition) is 5. The van der Waals surface area contributed by atoms with Gasteiger partial charge in [-0.3, -0.25) is 14.6 Å². The maximum absolute atomic E-state index is 12.7. The van der Waals surface area contributed by atoms with Gasteiger partial charge in [-0.1, -0.05) is 48.5 Å². The Morgan fingerprint density at radius 1 is 1.03 bits per heavy atom. The predicted octanol–water partition coefficient (Wildman–Crippen LogP) is 2.78. The lowest BCUT2D eigenvalue weighted by molar-refractivity contribution is -0.115. The molecule has 0 fully saturated rings. The number of aryl methyl sites for hydroxylation is 1. The highest BCUT2D eigenvalue weighted by atomic mass is 16.1. The summed E-state index contributed by atoms with van der Waals surface area (Å²) in [6.07, 6.45) is 1.70. The summed E-state index contributed by atoms with van der Waals surface area (Å²) < 4.78 is 3.01. The zero-order chi connectivity index (χ0) is 22.1. The molecule has 0 atom stereocenters. The average molecular weight is 425 g/mol. The number of amides is 1. The number of fused-ring (bicyclic) bond motifs is 1. The molecule has 0 saturated carbocycles. The van der Waals surface area contributed by atoms with Gasteiger partial charge >= 0.3 is 0 Å². The molecule has 3 heterocycles. The molecule has 5 rings (SSSR count). The van der Waals surface area contributed by atoms with Crippen molar-refractivity contribution in [3.05, 3.63) is 94.5 Å². The minimum absolute atomic E-state index is 0.184. The van der Waals surface area contributed by atoms with E-state index in [0.717, 1.165) is 11.3 Å². The van der Waals surface area contributed by atoms with E-state index in [1.54, 1.807) is 17.7 Å². The summed E-state index contributed by atoms with van der Waals surface area (Å²) in [6.45, 7) is 1.80. The second-order valence-corrected chi connectivity index (χ2v) is 7.31. The SMILES string of the molecule is Cc1cc(NC(=O)Cc2ccccc2)n(-c2nc3c(cnn3-c3ccccc3)c(=O)[nH]2)n1. The Bertz CT molecular complexity index is 1470. The van der Waals surface area contributed by atoms with Crippen LogP contribution in [0.5, 0.6) is 0 Å². The van der Waals surface area contributed by atoms with E-state index < -0.39 is 0 Å². The number of carbonyl (C=O) groups excluding carboxylic acids is 1. The van der Waals surface area contributed by atoms with E-state index in [9.17, 15) is 9.59 Å². The van der Waals surface area contributed by atoms with Gasteiger partial charge in [-0.05, 0) is 24.6 Å². The lowest BCUT2D eigenvalue weighted by atomic mass is 10.1.